The third kappa shape index (κ3) is 5.38. The topological polar surface area (TPSA) is 52.6 Å². The number of terminal acetylenes is 1. The lowest BCUT2D eigenvalue weighted by atomic mass is 9.93. The second-order valence-corrected chi connectivity index (χ2v) is 6.12. The van der Waals surface area contributed by atoms with Crippen LogP contribution in [0.5, 0.6) is 0 Å². The molecule has 1 heterocycles. The van der Waals surface area contributed by atoms with Crippen LogP contribution in [0.15, 0.2) is 30.3 Å². The van der Waals surface area contributed by atoms with E-state index in [2.05, 4.69) is 16.1 Å². The number of hydrogen-bond acceptors (Lipinski definition) is 3. The number of benzene rings is 1. The Hall–Kier alpha value is -1.83. The van der Waals surface area contributed by atoms with Gasteiger partial charge in [-0.05, 0) is 37.9 Å². The summed E-state index contributed by atoms with van der Waals surface area (Å²) in [7, 11) is 0. The molecule has 1 aliphatic heterocycles. The number of piperidine rings is 1. The molecule has 2 rings (SSSR count). The molecule has 0 aromatic heterocycles. The van der Waals surface area contributed by atoms with Gasteiger partial charge < -0.3 is 10.4 Å². The van der Waals surface area contributed by atoms with Crippen LogP contribution in [0.2, 0.25) is 0 Å². The number of hydrogen-bond donors (Lipinski definition) is 2. The number of nitrogens with one attached hydrogen (secondary N) is 1. The SMILES string of the molecule is C#CCN1CCC(C(=O)NCC(CCO)c2ccccc2)CC1. The van der Waals surface area contributed by atoms with Crippen molar-refractivity contribution in [3.8, 4) is 12.3 Å². The van der Waals surface area contributed by atoms with Crippen molar-refractivity contribution in [3.05, 3.63) is 35.9 Å². The van der Waals surface area contributed by atoms with E-state index in [1.54, 1.807) is 0 Å². The number of aliphatic hydroxyl groups excluding tert-OH is 1. The number of nitrogens with zero attached hydrogens (tertiary/aromatic N) is 1. The van der Waals surface area contributed by atoms with E-state index >= 15 is 0 Å². The van der Waals surface area contributed by atoms with Crippen molar-refractivity contribution in [3.63, 3.8) is 0 Å². The van der Waals surface area contributed by atoms with Gasteiger partial charge in [-0.1, -0.05) is 36.3 Å². The Morgan fingerprint density at radius 3 is 2.65 bits per heavy atom. The first-order valence-corrected chi connectivity index (χ1v) is 8.34. The molecule has 4 heteroatoms. The minimum atomic E-state index is 0.0783. The summed E-state index contributed by atoms with van der Waals surface area (Å²) in [5, 5.41) is 12.3. The maximum absolute atomic E-state index is 12.4. The standard InChI is InChI=1S/C19H26N2O2/c1-2-11-21-12-8-17(9-13-21)19(23)20-15-18(10-14-22)16-6-4-3-5-7-16/h1,3-7,17-18,22H,8-15H2,(H,20,23). The van der Waals surface area contributed by atoms with Gasteiger partial charge in [-0.15, -0.1) is 6.42 Å². The zero-order valence-corrected chi connectivity index (χ0v) is 13.6. The smallest absolute Gasteiger partial charge is 0.223 e. The molecule has 1 fully saturated rings. The summed E-state index contributed by atoms with van der Waals surface area (Å²) in [4.78, 5) is 14.6. The van der Waals surface area contributed by atoms with E-state index in [4.69, 9.17) is 6.42 Å². The largest absolute Gasteiger partial charge is 0.396 e. The molecule has 1 atom stereocenters. The van der Waals surface area contributed by atoms with Crippen molar-refractivity contribution in [2.45, 2.75) is 25.2 Å². The maximum Gasteiger partial charge on any atom is 0.223 e. The van der Waals surface area contributed by atoms with Crippen LogP contribution in [0.3, 0.4) is 0 Å². The number of carbonyl (C=O) groups excluding carboxylic acids is 1. The Bertz CT molecular complexity index is 516. The van der Waals surface area contributed by atoms with Crippen LogP contribution in [0, 0.1) is 18.3 Å². The first kappa shape index (κ1) is 17.5. The molecule has 0 bridgehead atoms. The van der Waals surface area contributed by atoms with Crippen molar-refractivity contribution >= 4 is 5.91 Å². The molecule has 124 valence electrons. The van der Waals surface area contributed by atoms with Gasteiger partial charge in [-0.25, -0.2) is 0 Å². The normalized spacial score (nSPS) is 17.4. The molecule has 1 amide bonds. The fourth-order valence-corrected chi connectivity index (χ4v) is 3.12. The van der Waals surface area contributed by atoms with E-state index in [0.717, 1.165) is 31.5 Å². The Morgan fingerprint density at radius 1 is 1.35 bits per heavy atom. The lowest BCUT2D eigenvalue weighted by Gasteiger charge is -2.30. The van der Waals surface area contributed by atoms with Gasteiger partial charge in [0.15, 0.2) is 0 Å². The Kier molecular flexibility index (Phi) is 7.12. The number of amides is 1. The van der Waals surface area contributed by atoms with Gasteiger partial charge in [0.25, 0.3) is 0 Å². The summed E-state index contributed by atoms with van der Waals surface area (Å²) < 4.78 is 0. The summed E-state index contributed by atoms with van der Waals surface area (Å²) in [6.07, 6.45) is 7.71. The molecular weight excluding hydrogens is 288 g/mol. The number of aliphatic hydroxyl groups is 1. The van der Waals surface area contributed by atoms with Gasteiger partial charge in [0, 0.05) is 25.0 Å². The summed E-state index contributed by atoms with van der Waals surface area (Å²) in [5.41, 5.74) is 1.16. The lowest BCUT2D eigenvalue weighted by Crippen LogP contribution is -2.41. The van der Waals surface area contributed by atoms with Crippen LogP contribution in [-0.2, 0) is 4.79 Å². The second kappa shape index (κ2) is 9.34. The van der Waals surface area contributed by atoms with Gasteiger partial charge in [-0.3, -0.25) is 9.69 Å². The quantitative estimate of drug-likeness (QED) is 0.752. The number of likely N-dealkylation sites (tertiary alicyclic amines) is 1. The highest BCUT2D eigenvalue weighted by atomic mass is 16.3. The predicted octanol–water partition coefficient (Wildman–Crippen LogP) is 1.61. The third-order valence-corrected chi connectivity index (χ3v) is 4.54. The predicted molar refractivity (Wildman–Crippen MR) is 91.9 cm³/mol. The Balaban J connectivity index is 1.82. The number of carbonyl (C=O) groups is 1. The van der Waals surface area contributed by atoms with Crippen LogP contribution in [0.25, 0.3) is 0 Å². The minimum Gasteiger partial charge on any atom is -0.396 e. The van der Waals surface area contributed by atoms with E-state index in [1.807, 2.05) is 30.3 Å². The summed E-state index contributed by atoms with van der Waals surface area (Å²) in [6.45, 7) is 3.15. The van der Waals surface area contributed by atoms with E-state index in [-0.39, 0.29) is 24.3 Å². The van der Waals surface area contributed by atoms with Crippen LogP contribution < -0.4 is 5.32 Å². The molecule has 1 aromatic rings. The second-order valence-electron chi connectivity index (χ2n) is 6.12. The molecular formula is C19H26N2O2. The number of rotatable bonds is 7. The Morgan fingerprint density at radius 2 is 2.04 bits per heavy atom. The molecule has 1 aromatic carbocycles. The fraction of sp³-hybridized carbons (Fsp3) is 0.526. The van der Waals surface area contributed by atoms with Crippen LogP contribution in [0.1, 0.15) is 30.7 Å². The van der Waals surface area contributed by atoms with E-state index in [0.29, 0.717) is 19.5 Å². The van der Waals surface area contributed by atoms with Crippen molar-refractivity contribution in [1.82, 2.24) is 10.2 Å². The van der Waals surface area contributed by atoms with E-state index < -0.39 is 0 Å². The summed E-state index contributed by atoms with van der Waals surface area (Å²) in [5.74, 6) is 3.02. The first-order chi connectivity index (χ1) is 11.2. The molecule has 0 radical (unpaired) electrons. The van der Waals surface area contributed by atoms with E-state index in [9.17, 15) is 9.90 Å². The zero-order valence-electron chi connectivity index (χ0n) is 13.6. The van der Waals surface area contributed by atoms with Gasteiger partial charge >= 0.3 is 0 Å². The molecule has 2 N–H and O–H groups in total. The van der Waals surface area contributed by atoms with Gasteiger partial charge in [0.2, 0.25) is 5.91 Å². The maximum atomic E-state index is 12.4. The molecule has 0 aliphatic carbocycles. The van der Waals surface area contributed by atoms with Gasteiger partial charge in [0.1, 0.15) is 0 Å². The highest BCUT2D eigenvalue weighted by Crippen LogP contribution is 2.20. The molecule has 0 spiro atoms. The molecule has 23 heavy (non-hydrogen) atoms. The molecule has 4 nitrogen and oxygen atoms in total. The Labute approximate surface area is 138 Å². The molecule has 1 aliphatic rings. The zero-order chi connectivity index (χ0) is 16.5. The summed E-state index contributed by atoms with van der Waals surface area (Å²) in [6, 6.07) is 10.0. The molecule has 0 saturated carbocycles. The lowest BCUT2D eigenvalue weighted by molar-refractivity contribution is -0.126. The third-order valence-electron chi connectivity index (χ3n) is 4.54. The van der Waals surface area contributed by atoms with E-state index in [1.165, 1.54) is 0 Å². The van der Waals surface area contributed by atoms with Crippen LogP contribution >= 0.6 is 0 Å². The van der Waals surface area contributed by atoms with Crippen LogP contribution in [0.4, 0.5) is 0 Å². The van der Waals surface area contributed by atoms with Crippen molar-refractivity contribution in [1.29, 1.82) is 0 Å². The fourth-order valence-electron chi connectivity index (χ4n) is 3.12. The highest BCUT2D eigenvalue weighted by Gasteiger charge is 2.25. The van der Waals surface area contributed by atoms with Crippen molar-refractivity contribution < 1.29 is 9.90 Å². The molecule has 1 saturated heterocycles. The van der Waals surface area contributed by atoms with Crippen LogP contribution in [-0.4, -0.2) is 48.7 Å². The average Bonchev–Trinajstić information content (AvgIpc) is 2.60. The highest BCUT2D eigenvalue weighted by molar-refractivity contribution is 5.78. The summed E-state index contributed by atoms with van der Waals surface area (Å²) >= 11 is 0. The van der Waals surface area contributed by atoms with Gasteiger partial charge in [-0.2, -0.15) is 0 Å². The van der Waals surface area contributed by atoms with Crippen molar-refractivity contribution in [2.24, 2.45) is 5.92 Å². The molecule has 1 unspecified atom stereocenters. The van der Waals surface area contributed by atoms with Crippen molar-refractivity contribution in [2.75, 3.05) is 32.8 Å². The first-order valence-electron chi connectivity index (χ1n) is 8.34. The van der Waals surface area contributed by atoms with Gasteiger partial charge in [0.05, 0.1) is 6.54 Å². The minimum absolute atomic E-state index is 0.0783. The monoisotopic (exact) mass is 314 g/mol. The average molecular weight is 314 g/mol.